The highest BCUT2D eigenvalue weighted by atomic mass is 32.2. The molecule has 146 valence electrons. The second-order valence-electron chi connectivity index (χ2n) is 7.70. The van der Waals surface area contributed by atoms with Crippen LogP contribution in [0.4, 0.5) is 5.69 Å². The molecular weight excluding hydrogens is 368 g/mol. The van der Waals surface area contributed by atoms with Crippen LogP contribution in [0.25, 0.3) is 0 Å². The maximum Gasteiger partial charge on any atom is 0.326 e. The number of fused-ring (bicyclic) bond motifs is 1. The molecule has 0 aromatic heterocycles. The van der Waals surface area contributed by atoms with E-state index in [9.17, 15) is 23.1 Å². The third kappa shape index (κ3) is 3.20. The molecule has 8 heteroatoms. The van der Waals surface area contributed by atoms with E-state index in [2.05, 4.69) is 0 Å². The van der Waals surface area contributed by atoms with Gasteiger partial charge in [0.15, 0.2) is 0 Å². The highest BCUT2D eigenvalue weighted by molar-refractivity contribution is 7.93. The maximum atomic E-state index is 13.1. The number of nitrogens with zero attached hydrogens (tertiary/aromatic N) is 2. The number of hydrogen-bond acceptors (Lipinski definition) is 4. The lowest BCUT2D eigenvalue weighted by Crippen LogP contribution is -2.46. The first-order chi connectivity index (χ1) is 12.9. The van der Waals surface area contributed by atoms with Crippen LogP contribution in [0.3, 0.4) is 0 Å². The molecular formula is C19H24N2O5S. The average molecular weight is 392 g/mol. The number of anilines is 1. The summed E-state index contributed by atoms with van der Waals surface area (Å²) >= 11 is 0. The number of rotatable bonds is 3. The molecule has 0 spiro atoms. The van der Waals surface area contributed by atoms with Gasteiger partial charge in [0.05, 0.1) is 11.4 Å². The Balaban J connectivity index is 1.59. The van der Waals surface area contributed by atoms with Gasteiger partial charge in [0.2, 0.25) is 10.0 Å². The summed E-state index contributed by atoms with van der Waals surface area (Å²) in [6.45, 7) is 0.451. The lowest BCUT2D eigenvalue weighted by Gasteiger charge is -2.33. The third-order valence-electron chi connectivity index (χ3n) is 6.11. The van der Waals surface area contributed by atoms with Crippen molar-refractivity contribution in [3.05, 3.63) is 29.8 Å². The van der Waals surface area contributed by atoms with E-state index in [1.165, 1.54) is 4.31 Å². The molecule has 2 saturated heterocycles. The predicted octanol–water partition coefficient (Wildman–Crippen LogP) is 2.08. The van der Waals surface area contributed by atoms with Gasteiger partial charge in [-0.15, -0.1) is 0 Å². The van der Waals surface area contributed by atoms with Crippen LogP contribution in [-0.4, -0.2) is 54.7 Å². The van der Waals surface area contributed by atoms with Gasteiger partial charge >= 0.3 is 5.97 Å². The Kier molecular flexibility index (Phi) is 4.61. The first-order valence-electron chi connectivity index (χ1n) is 9.54. The molecule has 3 fully saturated rings. The van der Waals surface area contributed by atoms with Crippen molar-refractivity contribution in [1.29, 1.82) is 0 Å². The van der Waals surface area contributed by atoms with E-state index in [1.807, 2.05) is 0 Å². The molecule has 0 bridgehead atoms. The fourth-order valence-electron chi connectivity index (χ4n) is 4.82. The zero-order valence-corrected chi connectivity index (χ0v) is 15.9. The molecule has 0 radical (unpaired) electrons. The minimum atomic E-state index is -3.26. The zero-order valence-electron chi connectivity index (χ0n) is 15.1. The minimum absolute atomic E-state index is 0.00835. The average Bonchev–Trinajstić information content (AvgIpc) is 3.21. The Morgan fingerprint density at radius 1 is 1.04 bits per heavy atom. The predicted molar refractivity (Wildman–Crippen MR) is 100 cm³/mol. The quantitative estimate of drug-likeness (QED) is 0.850. The largest absolute Gasteiger partial charge is 0.480 e. The van der Waals surface area contributed by atoms with Gasteiger partial charge in [-0.05, 0) is 55.9 Å². The van der Waals surface area contributed by atoms with Crippen LogP contribution in [0.5, 0.6) is 0 Å². The van der Waals surface area contributed by atoms with E-state index in [0.717, 1.165) is 25.7 Å². The molecule has 3 aliphatic rings. The molecule has 7 nitrogen and oxygen atoms in total. The van der Waals surface area contributed by atoms with Crippen molar-refractivity contribution < 1.29 is 23.1 Å². The second-order valence-corrected chi connectivity index (χ2v) is 9.72. The standard InChI is InChI=1S/C19H24N2O5S/c22-18(21-16-5-2-1-4-14(16)12-17(21)19(23)24)13-6-8-15(9-7-13)20-10-3-11-27(20,25)26/h6-9,14,16-17H,1-5,10-12H2,(H,23,24). The summed E-state index contributed by atoms with van der Waals surface area (Å²) in [6.07, 6.45) is 5.06. The fraction of sp³-hybridized carbons (Fsp3) is 0.579. The number of hydrogen-bond donors (Lipinski definition) is 1. The molecule has 27 heavy (non-hydrogen) atoms. The maximum absolute atomic E-state index is 13.1. The molecule has 1 aromatic rings. The lowest BCUT2D eigenvalue weighted by atomic mass is 9.84. The number of carboxylic acid groups (broad SMARTS) is 1. The number of benzene rings is 1. The summed E-state index contributed by atoms with van der Waals surface area (Å²) in [5.74, 6) is -0.812. The van der Waals surface area contributed by atoms with Crippen molar-refractivity contribution in [2.45, 2.75) is 50.6 Å². The van der Waals surface area contributed by atoms with Crippen LogP contribution in [0.1, 0.15) is 48.9 Å². The van der Waals surface area contributed by atoms with Gasteiger partial charge in [-0.1, -0.05) is 12.8 Å². The van der Waals surface area contributed by atoms with E-state index < -0.39 is 22.0 Å². The number of carbonyl (C=O) groups excluding carboxylic acids is 1. The van der Waals surface area contributed by atoms with Gasteiger partial charge in [-0.2, -0.15) is 0 Å². The Labute approximate surface area is 159 Å². The summed E-state index contributed by atoms with van der Waals surface area (Å²) in [7, 11) is -3.26. The Bertz CT molecular complexity index is 851. The molecule has 3 atom stereocenters. The van der Waals surface area contributed by atoms with Crippen LogP contribution in [-0.2, 0) is 14.8 Å². The van der Waals surface area contributed by atoms with Crippen LogP contribution in [0.15, 0.2) is 24.3 Å². The van der Waals surface area contributed by atoms with Gasteiger partial charge in [0.25, 0.3) is 5.91 Å². The monoisotopic (exact) mass is 392 g/mol. The van der Waals surface area contributed by atoms with Crippen molar-refractivity contribution in [3.8, 4) is 0 Å². The van der Waals surface area contributed by atoms with Gasteiger partial charge in [-0.25, -0.2) is 13.2 Å². The summed E-state index contributed by atoms with van der Waals surface area (Å²) in [6, 6.07) is 5.72. The van der Waals surface area contributed by atoms with Crippen molar-refractivity contribution in [2.24, 2.45) is 5.92 Å². The van der Waals surface area contributed by atoms with Gasteiger partial charge < -0.3 is 10.0 Å². The Morgan fingerprint density at radius 3 is 2.37 bits per heavy atom. The number of amides is 1. The van der Waals surface area contributed by atoms with Gasteiger partial charge in [0, 0.05) is 18.2 Å². The number of sulfonamides is 1. The minimum Gasteiger partial charge on any atom is -0.480 e. The first-order valence-corrected chi connectivity index (χ1v) is 11.2. The molecule has 2 aliphatic heterocycles. The van der Waals surface area contributed by atoms with E-state index in [4.69, 9.17) is 0 Å². The number of carboxylic acids is 1. The summed E-state index contributed by atoms with van der Waals surface area (Å²) < 4.78 is 25.5. The van der Waals surface area contributed by atoms with Crippen molar-refractivity contribution in [3.63, 3.8) is 0 Å². The van der Waals surface area contributed by atoms with Crippen LogP contribution >= 0.6 is 0 Å². The highest BCUT2D eigenvalue weighted by Gasteiger charge is 2.47. The van der Waals surface area contributed by atoms with Gasteiger partial charge in [0.1, 0.15) is 6.04 Å². The molecule has 1 aliphatic carbocycles. The lowest BCUT2D eigenvalue weighted by molar-refractivity contribution is -0.141. The summed E-state index contributed by atoms with van der Waals surface area (Å²) in [5.41, 5.74) is 0.962. The fourth-order valence-corrected chi connectivity index (χ4v) is 6.39. The third-order valence-corrected chi connectivity index (χ3v) is 7.98. The van der Waals surface area contributed by atoms with Crippen molar-refractivity contribution in [1.82, 2.24) is 4.90 Å². The van der Waals surface area contributed by atoms with Gasteiger partial charge in [-0.3, -0.25) is 9.10 Å². The second kappa shape index (κ2) is 6.82. The Hall–Kier alpha value is -2.09. The molecule has 4 rings (SSSR count). The van der Waals surface area contributed by atoms with Crippen LogP contribution in [0, 0.1) is 5.92 Å². The molecule has 1 N–H and O–H groups in total. The van der Waals surface area contributed by atoms with E-state index >= 15 is 0 Å². The van der Waals surface area contributed by atoms with Crippen molar-refractivity contribution >= 4 is 27.6 Å². The van der Waals surface area contributed by atoms with Crippen LogP contribution in [0.2, 0.25) is 0 Å². The number of aliphatic carboxylic acids is 1. The number of carbonyl (C=O) groups is 2. The molecule has 1 amide bonds. The first kappa shape index (κ1) is 18.3. The summed E-state index contributed by atoms with van der Waals surface area (Å²) in [4.78, 5) is 26.4. The number of likely N-dealkylation sites (tertiary alicyclic amines) is 1. The smallest absolute Gasteiger partial charge is 0.326 e. The zero-order chi connectivity index (χ0) is 19.2. The Morgan fingerprint density at radius 2 is 1.74 bits per heavy atom. The molecule has 1 saturated carbocycles. The van der Waals surface area contributed by atoms with E-state index in [-0.39, 0.29) is 23.6 Å². The SMILES string of the molecule is O=C(O)C1CC2CCCCC2N1C(=O)c1ccc(N2CCCS2(=O)=O)cc1. The summed E-state index contributed by atoms with van der Waals surface area (Å²) in [5, 5.41) is 9.60. The normalized spacial score (nSPS) is 29.6. The van der Waals surface area contributed by atoms with Crippen molar-refractivity contribution in [2.75, 3.05) is 16.6 Å². The molecule has 3 unspecified atom stereocenters. The van der Waals surface area contributed by atoms with Crippen LogP contribution < -0.4 is 4.31 Å². The van der Waals surface area contributed by atoms with E-state index in [1.54, 1.807) is 29.2 Å². The van der Waals surface area contributed by atoms with E-state index in [0.29, 0.717) is 30.6 Å². The molecule has 1 aromatic carbocycles. The topological polar surface area (TPSA) is 95.0 Å². The highest BCUT2D eigenvalue weighted by Crippen LogP contribution is 2.40. The molecule has 2 heterocycles.